The van der Waals surface area contributed by atoms with E-state index in [-0.39, 0.29) is 11.4 Å². The van der Waals surface area contributed by atoms with Gasteiger partial charge in [0.2, 0.25) is 0 Å². The molecule has 76 valence electrons. The van der Waals surface area contributed by atoms with Crippen LogP contribution in [0.15, 0.2) is 12.1 Å². The van der Waals surface area contributed by atoms with Gasteiger partial charge < -0.3 is 17.2 Å². The van der Waals surface area contributed by atoms with Crippen LogP contribution in [-0.4, -0.2) is 11.5 Å². The Bertz CT molecular complexity index is 365. The molecule has 0 radical (unpaired) electrons. The van der Waals surface area contributed by atoms with Crippen LogP contribution < -0.4 is 17.2 Å². The number of nitro groups is 1. The molecular formula is C8H12N4O2. The van der Waals surface area contributed by atoms with Crippen molar-refractivity contribution >= 4 is 17.1 Å². The highest BCUT2D eigenvalue weighted by Crippen LogP contribution is 2.29. The van der Waals surface area contributed by atoms with Crippen LogP contribution >= 0.6 is 0 Å². The number of anilines is 2. The summed E-state index contributed by atoms with van der Waals surface area (Å²) in [6.45, 7) is 0.323. The van der Waals surface area contributed by atoms with E-state index in [0.717, 1.165) is 0 Å². The lowest BCUT2D eigenvalue weighted by atomic mass is 10.1. The predicted molar refractivity (Wildman–Crippen MR) is 54.7 cm³/mol. The zero-order valence-electron chi connectivity index (χ0n) is 7.56. The van der Waals surface area contributed by atoms with E-state index in [0.29, 0.717) is 24.2 Å². The first-order chi connectivity index (χ1) is 6.56. The molecule has 0 aliphatic rings. The van der Waals surface area contributed by atoms with Crippen LogP contribution in [-0.2, 0) is 6.42 Å². The second-order valence-corrected chi connectivity index (χ2v) is 2.91. The molecule has 0 bridgehead atoms. The first kappa shape index (κ1) is 10.3. The molecule has 1 rings (SSSR count). The summed E-state index contributed by atoms with van der Waals surface area (Å²) in [6, 6.07) is 2.90. The number of nitrogens with two attached hydrogens (primary N) is 3. The lowest BCUT2D eigenvalue weighted by Crippen LogP contribution is -2.08. The summed E-state index contributed by atoms with van der Waals surface area (Å²) in [4.78, 5) is 10.2. The van der Waals surface area contributed by atoms with Crippen molar-refractivity contribution in [2.24, 2.45) is 5.73 Å². The van der Waals surface area contributed by atoms with Crippen LogP contribution in [0.3, 0.4) is 0 Å². The minimum atomic E-state index is -0.514. The van der Waals surface area contributed by atoms with Crippen LogP contribution in [0.25, 0.3) is 0 Å². The SMILES string of the molecule is NCCc1cc(N)cc(N)c1[N+](=O)[O-]. The van der Waals surface area contributed by atoms with Gasteiger partial charge in [0, 0.05) is 11.3 Å². The molecule has 6 N–H and O–H groups in total. The molecule has 6 heteroatoms. The Morgan fingerprint density at radius 1 is 1.36 bits per heavy atom. The van der Waals surface area contributed by atoms with Gasteiger partial charge in [-0.05, 0) is 25.1 Å². The van der Waals surface area contributed by atoms with Crippen molar-refractivity contribution in [3.63, 3.8) is 0 Å². The molecule has 0 aliphatic carbocycles. The van der Waals surface area contributed by atoms with Crippen LogP contribution in [0, 0.1) is 10.1 Å². The molecule has 0 unspecified atom stereocenters. The van der Waals surface area contributed by atoms with Crippen LogP contribution in [0.4, 0.5) is 17.1 Å². The number of hydrogen-bond donors (Lipinski definition) is 3. The molecule has 0 heterocycles. The molecule has 0 aromatic heterocycles. The highest BCUT2D eigenvalue weighted by Gasteiger charge is 2.17. The molecule has 6 nitrogen and oxygen atoms in total. The van der Waals surface area contributed by atoms with E-state index in [4.69, 9.17) is 17.2 Å². The Morgan fingerprint density at radius 2 is 2.00 bits per heavy atom. The largest absolute Gasteiger partial charge is 0.399 e. The summed E-state index contributed by atoms with van der Waals surface area (Å²) in [7, 11) is 0. The van der Waals surface area contributed by atoms with Gasteiger partial charge in [0.15, 0.2) is 0 Å². The number of hydrogen-bond acceptors (Lipinski definition) is 5. The number of rotatable bonds is 3. The maximum atomic E-state index is 10.7. The summed E-state index contributed by atoms with van der Waals surface area (Å²) < 4.78 is 0. The van der Waals surface area contributed by atoms with Gasteiger partial charge in [-0.2, -0.15) is 0 Å². The molecular weight excluding hydrogens is 184 g/mol. The van der Waals surface area contributed by atoms with Crippen molar-refractivity contribution in [2.75, 3.05) is 18.0 Å². The average Bonchev–Trinajstić information content (AvgIpc) is 2.01. The topological polar surface area (TPSA) is 121 Å². The molecule has 1 aromatic rings. The Labute approximate surface area is 80.8 Å². The Hall–Kier alpha value is -1.82. The smallest absolute Gasteiger partial charge is 0.295 e. The van der Waals surface area contributed by atoms with E-state index in [1.54, 1.807) is 0 Å². The average molecular weight is 196 g/mol. The molecule has 1 aromatic carbocycles. The van der Waals surface area contributed by atoms with E-state index in [2.05, 4.69) is 0 Å². The number of nitro benzene ring substituents is 1. The van der Waals surface area contributed by atoms with E-state index < -0.39 is 4.92 Å². The highest BCUT2D eigenvalue weighted by molar-refractivity contribution is 5.68. The minimum absolute atomic E-state index is 0.0819. The quantitative estimate of drug-likeness (QED) is 0.363. The second kappa shape index (κ2) is 3.93. The van der Waals surface area contributed by atoms with E-state index >= 15 is 0 Å². The summed E-state index contributed by atoms with van der Waals surface area (Å²) in [5.74, 6) is 0. The molecule has 0 aliphatic heterocycles. The summed E-state index contributed by atoms with van der Waals surface area (Å²) in [6.07, 6.45) is 0.394. The second-order valence-electron chi connectivity index (χ2n) is 2.91. The minimum Gasteiger partial charge on any atom is -0.399 e. The Morgan fingerprint density at radius 3 is 2.50 bits per heavy atom. The van der Waals surface area contributed by atoms with Crippen LogP contribution in [0.2, 0.25) is 0 Å². The van der Waals surface area contributed by atoms with E-state index in [1.807, 2.05) is 0 Å². The normalized spacial score (nSPS) is 10.1. The van der Waals surface area contributed by atoms with Gasteiger partial charge in [0.1, 0.15) is 5.69 Å². The fourth-order valence-corrected chi connectivity index (χ4v) is 1.31. The fourth-order valence-electron chi connectivity index (χ4n) is 1.31. The van der Waals surface area contributed by atoms with Crippen molar-refractivity contribution < 1.29 is 4.92 Å². The van der Waals surface area contributed by atoms with Gasteiger partial charge in [-0.15, -0.1) is 0 Å². The van der Waals surface area contributed by atoms with Crippen LogP contribution in [0.1, 0.15) is 5.56 Å². The molecule has 0 saturated heterocycles. The van der Waals surface area contributed by atoms with Gasteiger partial charge in [-0.1, -0.05) is 0 Å². The number of nitrogens with zero attached hydrogens (tertiary/aromatic N) is 1. The summed E-state index contributed by atoms with van der Waals surface area (Å²) in [5, 5.41) is 10.7. The first-order valence-corrected chi connectivity index (χ1v) is 4.08. The first-order valence-electron chi connectivity index (χ1n) is 4.08. The monoisotopic (exact) mass is 196 g/mol. The van der Waals surface area contributed by atoms with Crippen LogP contribution in [0.5, 0.6) is 0 Å². The van der Waals surface area contributed by atoms with Gasteiger partial charge in [0.05, 0.1) is 4.92 Å². The molecule has 0 spiro atoms. The molecule has 0 atom stereocenters. The fraction of sp³-hybridized carbons (Fsp3) is 0.250. The molecule has 0 fully saturated rings. The molecule has 14 heavy (non-hydrogen) atoms. The third kappa shape index (κ3) is 1.91. The third-order valence-corrected chi connectivity index (χ3v) is 1.84. The lowest BCUT2D eigenvalue weighted by molar-refractivity contribution is -0.384. The molecule has 0 saturated carbocycles. The number of benzene rings is 1. The van der Waals surface area contributed by atoms with Gasteiger partial charge in [-0.25, -0.2) is 0 Å². The van der Waals surface area contributed by atoms with E-state index in [9.17, 15) is 10.1 Å². The predicted octanol–water partition coefficient (Wildman–Crippen LogP) is 0.260. The Kier molecular flexibility index (Phi) is 2.88. The van der Waals surface area contributed by atoms with Crippen molar-refractivity contribution in [3.8, 4) is 0 Å². The zero-order valence-corrected chi connectivity index (χ0v) is 7.56. The maximum absolute atomic E-state index is 10.7. The van der Waals surface area contributed by atoms with Crippen molar-refractivity contribution in [1.29, 1.82) is 0 Å². The van der Waals surface area contributed by atoms with Crippen molar-refractivity contribution in [1.82, 2.24) is 0 Å². The zero-order chi connectivity index (χ0) is 10.7. The lowest BCUT2D eigenvalue weighted by Gasteiger charge is -2.05. The highest BCUT2D eigenvalue weighted by atomic mass is 16.6. The summed E-state index contributed by atoms with van der Waals surface area (Å²) >= 11 is 0. The van der Waals surface area contributed by atoms with Gasteiger partial charge in [-0.3, -0.25) is 10.1 Å². The maximum Gasteiger partial charge on any atom is 0.295 e. The molecule has 0 amide bonds. The Balaban J connectivity index is 3.28. The van der Waals surface area contributed by atoms with Crippen molar-refractivity contribution in [3.05, 3.63) is 27.8 Å². The third-order valence-electron chi connectivity index (χ3n) is 1.84. The van der Waals surface area contributed by atoms with Gasteiger partial charge in [0.25, 0.3) is 5.69 Å². The standard InChI is InChI=1S/C8H12N4O2/c9-2-1-5-3-6(10)4-7(11)8(5)12(13)14/h3-4H,1-2,9-11H2. The summed E-state index contributed by atoms with van der Waals surface area (Å²) in [5.41, 5.74) is 17.2. The van der Waals surface area contributed by atoms with E-state index in [1.165, 1.54) is 12.1 Å². The van der Waals surface area contributed by atoms with Gasteiger partial charge >= 0.3 is 0 Å². The van der Waals surface area contributed by atoms with Crippen molar-refractivity contribution in [2.45, 2.75) is 6.42 Å². The number of nitrogen functional groups attached to an aromatic ring is 2.